The minimum atomic E-state index is -0.326. The molecule has 1 amide bonds. The second-order valence-electron chi connectivity index (χ2n) is 7.62. The number of likely N-dealkylation sites (N-methyl/N-ethyl adjacent to an activating group) is 1. The van der Waals surface area contributed by atoms with Crippen LogP contribution in [0.4, 0.5) is 5.69 Å². The second kappa shape index (κ2) is 5.94. The second-order valence-corrected chi connectivity index (χ2v) is 7.62. The molecule has 1 saturated heterocycles. The van der Waals surface area contributed by atoms with E-state index in [9.17, 15) is 14.9 Å². The number of hydrogen-bond acceptors (Lipinski definition) is 3. The van der Waals surface area contributed by atoms with Crippen molar-refractivity contribution in [3.8, 4) is 11.1 Å². The number of aryl methyl sites for hydroxylation is 1. The summed E-state index contributed by atoms with van der Waals surface area (Å²) in [5.74, 6) is 0.229. The average Bonchev–Trinajstić information content (AvgIpc) is 2.64. The van der Waals surface area contributed by atoms with E-state index in [1.807, 2.05) is 24.1 Å². The van der Waals surface area contributed by atoms with E-state index in [4.69, 9.17) is 0 Å². The standard InChI is InChI=1S/C21H22N2O3/c1-21-12-11-20(24)22(2)19(21)10-8-15-13-14(7-9-17(15)21)16-5-3-4-6-18(16)23(25)26/h3-7,9,13,19H,8,10-12H2,1-2H3/t19-,21-/m1/s1. The number of nitro benzene ring substituents is 1. The molecule has 0 aromatic heterocycles. The molecule has 5 heteroatoms. The Balaban J connectivity index is 1.79. The summed E-state index contributed by atoms with van der Waals surface area (Å²) in [6.07, 6.45) is 3.27. The minimum Gasteiger partial charge on any atom is -0.342 e. The van der Waals surface area contributed by atoms with Crippen LogP contribution in [0.3, 0.4) is 0 Å². The normalized spacial score (nSPS) is 24.8. The van der Waals surface area contributed by atoms with Gasteiger partial charge in [-0.2, -0.15) is 0 Å². The lowest BCUT2D eigenvalue weighted by atomic mass is 9.63. The fraction of sp³-hybridized carbons (Fsp3) is 0.381. The summed E-state index contributed by atoms with van der Waals surface area (Å²) in [5, 5.41) is 11.4. The van der Waals surface area contributed by atoms with Gasteiger partial charge in [0.25, 0.3) is 5.69 Å². The van der Waals surface area contributed by atoms with Crippen LogP contribution in [0.15, 0.2) is 42.5 Å². The van der Waals surface area contributed by atoms with Crippen LogP contribution in [0.5, 0.6) is 0 Å². The van der Waals surface area contributed by atoms with Gasteiger partial charge in [0, 0.05) is 31.0 Å². The number of likely N-dealkylation sites (tertiary alicyclic amines) is 1. The summed E-state index contributed by atoms with van der Waals surface area (Å²) >= 11 is 0. The summed E-state index contributed by atoms with van der Waals surface area (Å²) in [5.41, 5.74) is 4.17. The molecular weight excluding hydrogens is 328 g/mol. The Morgan fingerprint density at radius 2 is 1.96 bits per heavy atom. The molecule has 1 aliphatic carbocycles. The molecule has 4 rings (SSSR count). The number of nitro groups is 1. The molecule has 0 unspecified atom stereocenters. The molecule has 0 saturated carbocycles. The first-order valence-corrected chi connectivity index (χ1v) is 9.04. The van der Waals surface area contributed by atoms with Gasteiger partial charge in [0.05, 0.1) is 10.5 Å². The van der Waals surface area contributed by atoms with Crippen LogP contribution >= 0.6 is 0 Å². The molecule has 2 atom stereocenters. The Hall–Kier alpha value is -2.69. The van der Waals surface area contributed by atoms with Crippen molar-refractivity contribution in [3.05, 3.63) is 63.7 Å². The molecule has 1 fully saturated rings. The highest BCUT2D eigenvalue weighted by Crippen LogP contribution is 2.46. The molecule has 134 valence electrons. The number of carbonyl (C=O) groups excluding carboxylic acids is 1. The van der Waals surface area contributed by atoms with E-state index in [2.05, 4.69) is 19.1 Å². The van der Waals surface area contributed by atoms with Crippen LogP contribution in [0, 0.1) is 10.1 Å². The zero-order valence-corrected chi connectivity index (χ0v) is 15.1. The van der Waals surface area contributed by atoms with E-state index >= 15 is 0 Å². The Labute approximate surface area is 152 Å². The quantitative estimate of drug-likeness (QED) is 0.605. The fourth-order valence-corrected chi connectivity index (χ4v) is 4.83. The van der Waals surface area contributed by atoms with E-state index in [-0.39, 0.29) is 28.0 Å². The molecule has 2 aromatic carbocycles. The summed E-state index contributed by atoms with van der Waals surface area (Å²) in [6, 6.07) is 13.3. The van der Waals surface area contributed by atoms with Gasteiger partial charge in [-0.1, -0.05) is 37.3 Å². The van der Waals surface area contributed by atoms with Crippen LogP contribution in [-0.2, 0) is 16.6 Å². The Kier molecular flexibility index (Phi) is 3.83. The van der Waals surface area contributed by atoms with Crippen LogP contribution in [0.1, 0.15) is 37.3 Å². The highest BCUT2D eigenvalue weighted by molar-refractivity contribution is 5.79. The third kappa shape index (κ3) is 2.42. The van der Waals surface area contributed by atoms with Crippen LogP contribution in [-0.4, -0.2) is 28.8 Å². The molecule has 1 aliphatic heterocycles. The molecule has 5 nitrogen and oxygen atoms in total. The lowest BCUT2D eigenvalue weighted by molar-refractivity contribution is -0.384. The Morgan fingerprint density at radius 3 is 2.73 bits per heavy atom. The average molecular weight is 350 g/mol. The maximum absolute atomic E-state index is 12.1. The smallest absolute Gasteiger partial charge is 0.277 e. The maximum Gasteiger partial charge on any atom is 0.277 e. The maximum atomic E-state index is 12.1. The van der Waals surface area contributed by atoms with Gasteiger partial charge in [-0.15, -0.1) is 0 Å². The van der Waals surface area contributed by atoms with E-state index in [1.165, 1.54) is 11.1 Å². The first-order chi connectivity index (χ1) is 12.4. The first-order valence-electron chi connectivity index (χ1n) is 9.04. The zero-order valence-electron chi connectivity index (χ0n) is 15.1. The molecule has 2 aliphatic rings. The third-order valence-corrected chi connectivity index (χ3v) is 6.27. The summed E-state index contributed by atoms with van der Waals surface area (Å²) in [6.45, 7) is 2.25. The van der Waals surface area contributed by atoms with Gasteiger partial charge >= 0.3 is 0 Å². The molecule has 0 radical (unpaired) electrons. The largest absolute Gasteiger partial charge is 0.342 e. The van der Waals surface area contributed by atoms with Gasteiger partial charge in [0.15, 0.2) is 0 Å². The van der Waals surface area contributed by atoms with Crippen LogP contribution in [0.2, 0.25) is 0 Å². The SMILES string of the molecule is CN1C(=O)CC[C@]2(C)c3ccc(-c4ccccc4[N+](=O)[O-])cc3CC[C@@H]12. The third-order valence-electron chi connectivity index (χ3n) is 6.27. The predicted molar refractivity (Wildman–Crippen MR) is 100.0 cm³/mol. The topological polar surface area (TPSA) is 63.5 Å². The van der Waals surface area contributed by atoms with Gasteiger partial charge in [0.2, 0.25) is 5.91 Å². The number of rotatable bonds is 2. The monoisotopic (exact) mass is 350 g/mol. The van der Waals surface area contributed by atoms with Gasteiger partial charge in [0.1, 0.15) is 0 Å². The van der Waals surface area contributed by atoms with Crippen molar-refractivity contribution in [2.75, 3.05) is 7.05 Å². The molecule has 0 N–H and O–H groups in total. The highest BCUT2D eigenvalue weighted by atomic mass is 16.6. The van der Waals surface area contributed by atoms with E-state index in [0.717, 1.165) is 24.8 Å². The molecule has 1 heterocycles. The minimum absolute atomic E-state index is 0.0443. The summed E-state index contributed by atoms with van der Waals surface area (Å²) in [4.78, 5) is 25.1. The van der Waals surface area contributed by atoms with Gasteiger partial charge < -0.3 is 4.90 Å². The molecule has 0 bridgehead atoms. The number of nitrogens with zero attached hydrogens (tertiary/aromatic N) is 2. The number of carbonyl (C=O) groups is 1. The van der Waals surface area contributed by atoms with Crippen molar-refractivity contribution in [1.29, 1.82) is 0 Å². The summed E-state index contributed by atoms with van der Waals surface area (Å²) in [7, 11) is 1.91. The van der Waals surface area contributed by atoms with Crippen molar-refractivity contribution in [3.63, 3.8) is 0 Å². The summed E-state index contributed by atoms with van der Waals surface area (Å²) < 4.78 is 0. The van der Waals surface area contributed by atoms with Crippen LogP contribution in [0.25, 0.3) is 11.1 Å². The number of fused-ring (bicyclic) bond motifs is 3. The molecule has 26 heavy (non-hydrogen) atoms. The number of amides is 1. The van der Waals surface area contributed by atoms with Crippen molar-refractivity contribution < 1.29 is 9.72 Å². The van der Waals surface area contributed by atoms with E-state index in [1.54, 1.807) is 18.2 Å². The van der Waals surface area contributed by atoms with E-state index in [0.29, 0.717) is 12.0 Å². The van der Waals surface area contributed by atoms with Crippen LogP contribution < -0.4 is 0 Å². The first kappa shape index (κ1) is 16.8. The fourth-order valence-electron chi connectivity index (χ4n) is 4.83. The zero-order chi connectivity index (χ0) is 18.5. The molecule has 2 aromatic rings. The van der Waals surface area contributed by atoms with Crippen molar-refractivity contribution >= 4 is 11.6 Å². The number of piperidine rings is 1. The van der Waals surface area contributed by atoms with Gasteiger partial charge in [-0.25, -0.2) is 0 Å². The van der Waals surface area contributed by atoms with Crippen molar-refractivity contribution in [2.45, 2.75) is 44.1 Å². The molecule has 0 spiro atoms. The van der Waals surface area contributed by atoms with Gasteiger partial charge in [-0.3, -0.25) is 14.9 Å². The number of hydrogen-bond donors (Lipinski definition) is 0. The van der Waals surface area contributed by atoms with E-state index < -0.39 is 0 Å². The Bertz CT molecular complexity index is 908. The number of benzene rings is 2. The Morgan fingerprint density at radius 1 is 1.19 bits per heavy atom. The lowest BCUT2D eigenvalue weighted by Crippen LogP contribution is -2.56. The predicted octanol–water partition coefficient (Wildman–Crippen LogP) is 4.09. The van der Waals surface area contributed by atoms with Crippen molar-refractivity contribution in [2.24, 2.45) is 0 Å². The molecular formula is C21H22N2O3. The lowest BCUT2D eigenvalue weighted by Gasteiger charge is -2.50. The van der Waals surface area contributed by atoms with Crippen molar-refractivity contribution in [1.82, 2.24) is 4.90 Å². The highest BCUT2D eigenvalue weighted by Gasteiger charge is 2.46. The number of para-hydroxylation sites is 1. The van der Waals surface area contributed by atoms with Gasteiger partial charge in [-0.05, 0) is 42.0 Å².